The summed E-state index contributed by atoms with van der Waals surface area (Å²) in [4.78, 5) is 15.5. The summed E-state index contributed by atoms with van der Waals surface area (Å²) in [6, 6.07) is 15.6. The number of rotatable bonds is 7. The summed E-state index contributed by atoms with van der Waals surface area (Å²) in [5, 5.41) is 3.27. The lowest BCUT2D eigenvalue weighted by molar-refractivity contribution is 0.202. The molecule has 0 bridgehead atoms. The van der Waals surface area contributed by atoms with Gasteiger partial charge < -0.3 is 29.0 Å². The van der Waals surface area contributed by atoms with Crippen LogP contribution in [0.15, 0.2) is 67.3 Å². The molecular weight excluding hydrogens is 432 g/mol. The normalized spacial score (nSPS) is 14.8. The van der Waals surface area contributed by atoms with Crippen LogP contribution in [0.3, 0.4) is 0 Å². The van der Waals surface area contributed by atoms with E-state index in [1.165, 1.54) is 0 Å². The topological polar surface area (TPSA) is 86.6 Å². The van der Waals surface area contributed by atoms with Gasteiger partial charge in [0, 0.05) is 25.0 Å². The molecule has 9 nitrogen and oxygen atoms in total. The van der Waals surface area contributed by atoms with Crippen molar-refractivity contribution < 1.29 is 14.2 Å². The number of imidazole rings is 1. The van der Waals surface area contributed by atoms with Crippen molar-refractivity contribution in [2.75, 3.05) is 37.6 Å². The van der Waals surface area contributed by atoms with Crippen molar-refractivity contribution in [1.29, 1.82) is 0 Å². The van der Waals surface area contributed by atoms with Crippen molar-refractivity contribution in [3.05, 3.63) is 72.9 Å². The number of benzene rings is 2. The van der Waals surface area contributed by atoms with Crippen molar-refractivity contribution in [3.63, 3.8) is 0 Å². The Morgan fingerprint density at radius 2 is 2.00 bits per heavy atom. The third-order valence-electron chi connectivity index (χ3n) is 5.66. The number of aryl methyl sites for hydroxylation is 1. The van der Waals surface area contributed by atoms with Crippen LogP contribution in [-0.4, -0.2) is 52.9 Å². The monoisotopic (exact) mass is 458 g/mol. The number of methoxy groups -OCH3 is 1. The molecule has 0 amide bonds. The van der Waals surface area contributed by atoms with E-state index in [0.717, 1.165) is 22.8 Å². The van der Waals surface area contributed by atoms with Gasteiger partial charge in [0.1, 0.15) is 24.7 Å². The Hall–Kier alpha value is -4.27. The van der Waals surface area contributed by atoms with E-state index < -0.39 is 0 Å². The summed E-state index contributed by atoms with van der Waals surface area (Å²) in [6.45, 7) is 2.93. The Balaban J connectivity index is 1.32. The summed E-state index contributed by atoms with van der Waals surface area (Å²) >= 11 is 0. The van der Waals surface area contributed by atoms with Gasteiger partial charge >= 0.3 is 0 Å². The van der Waals surface area contributed by atoms with Gasteiger partial charge in [0.15, 0.2) is 11.6 Å². The van der Waals surface area contributed by atoms with E-state index >= 15 is 0 Å². The number of anilines is 3. The molecule has 34 heavy (non-hydrogen) atoms. The maximum Gasteiger partial charge on any atom is 0.229 e. The van der Waals surface area contributed by atoms with Crippen molar-refractivity contribution >= 4 is 17.5 Å². The quantitative estimate of drug-likeness (QED) is 0.445. The maximum absolute atomic E-state index is 5.93. The van der Waals surface area contributed by atoms with E-state index in [1.54, 1.807) is 19.6 Å². The van der Waals surface area contributed by atoms with Gasteiger partial charge in [-0.25, -0.2) is 9.97 Å². The minimum Gasteiger partial charge on any atom is -0.494 e. The number of aromatic nitrogens is 4. The molecule has 1 aliphatic rings. The van der Waals surface area contributed by atoms with Crippen LogP contribution in [0, 0.1) is 6.92 Å². The molecule has 2 aromatic heterocycles. The Morgan fingerprint density at radius 3 is 2.76 bits per heavy atom. The first-order valence-electron chi connectivity index (χ1n) is 11.0. The SMILES string of the molecule is COc1cc(Nc2ncc3c(n2)N(C)[C@H](COc2ccccc2)CO3)ccc1-n1cnc(C)c1. The summed E-state index contributed by atoms with van der Waals surface area (Å²) in [5.74, 6) is 3.36. The Kier molecular flexibility index (Phi) is 5.90. The first kappa shape index (κ1) is 21.6. The standard InChI is InChI=1S/C25H26N6O3/c1-17-13-31(16-27-17)21-10-9-18(11-22(21)32-3)28-25-26-12-23-24(29-25)30(2)19(15-34-23)14-33-20-7-5-4-6-8-20/h4-13,16,19H,14-15H2,1-3H3,(H,26,28,29)/t19-/m1/s1. The lowest BCUT2D eigenvalue weighted by atomic mass is 10.2. The van der Waals surface area contributed by atoms with Gasteiger partial charge in [-0.15, -0.1) is 0 Å². The van der Waals surface area contributed by atoms with E-state index in [9.17, 15) is 0 Å². The molecule has 0 saturated carbocycles. The van der Waals surface area contributed by atoms with Crippen LogP contribution in [0.2, 0.25) is 0 Å². The fraction of sp³-hybridized carbons (Fsp3) is 0.240. The zero-order valence-corrected chi connectivity index (χ0v) is 19.3. The minimum absolute atomic E-state index is 0.0217. The Labute approximate surface area is 198 Å². The van der Waals surface area contributed by atoms with Crippen molar-refractivity contribution in [1.82, 2.24) is 19.5 Å². The van der Waals surface area contributed by atoms with Gasteiger partial charge in [0.25, 0.3) is 0 Å². The van der Waals surface area contributed by atoms with Crippen LogP contribution in [0.25, 0.3) is 5.69 Å². The lowest BCUT2D eigenvalue weighted by Gasteiger charge is -2.34. The molecule has 174 valence electrons. The number of hydrogen-bond acceptors (Lipinski definition) is 8. The zero-order valence-electron chi connectivity index (χ0n) is 19.3. The fourth-order valence-electron chi connectivity index (χ4n) is 3.77. The third-order valence-corrected chi connectivity index (χ3v) is 5.66. The Morgan fingerprint density at radius 1 is 1.15 bits per heavy atom. The molecule has 0 aliphatic carbocycles. The van der Waals surface area contributed by atoms with Gasteiger partial charge in [-0.1, -0.05) is 18.2 Å². The van der Waals surface area contributed by atoms with Gasteiger partial charge in [-0.05, 0) is 31.2 Å². The smallest absolute Gasteiger partial charge is 0.229 e. The van der Waals surface area contributed by atoms with Crippen LogP contribution in [0.5, 0.6) is 17.2 Å². The molecule has 0 radical (unpaired) electrons. The van der Waals surface area contributed by atoms with Gasteiger partial charge in [0.2, 0.25) is 5.95 Å². The summed E-state index contributed by atoms with van der Waals surface area (Å²) < 4.78 is 19.4. The highest BCUT2D eigenvalue weighted by molar-refractivity contribution is 5.64. The first-order chi connectivity index (χ1) is 16.6. The molecule has 4 aromatic rings. The largest absolute Gasteiger partial charge is 0.494 e. The zero-order chi connectivity index (χ0) is 23.5. The number of nitrogens with zero attached hydrogens (tertiary/aromatic N) is 5. The lowest BCUT2D eigenvalue weighted by Crippen LogP contribution is -2.45. The van der Waals surface area contributed by atoms with Crippen LogP contribution in [0.4, 0.5) is 17.5 Å². The van der Waals surface area contributed by atoms with Gasteiger partial charge in [-0.3, -0.25) is 0 Å². The number of ether oxygens (including phenoxy) is 3. The number of nitrogens with one attached hydrogen (secondary N) is 1. The van der Waals surface area contributed by atoms with Crippen LogP contribution >= 0.6 is 0 Å². The highest BCUT2D eigenvalue weighted by atomic mass is 16.5. The predicted molar refractivity (Wildman–Crippen MR) is 130 cm³/mol. The summed E-state index contributed by atoms with van der Waals surface area (Å²) in [6.07, 6.45) is 5.40. The predicted octanol–water partition coefficient (Wildman–Crippen LogP) is 4.00. The highest BCUT2D eigenvalue weighted by Gasteiger charge is 2.27. The van der Waals surface area contributed by atoms with Crippen LogP contribution in [0.1, 0.15) is 5.69 Å². The Bertz CT molecular complexity index is 1280. The second kappa shape index (κ2) is 9.30. The average Bonchev–Trinajstić information content (AvgIpc) is 3.30. The highest BCUT2D eigenvalue weighted by Crippen LogP contribution is 2.33. The summed E-state index contributed by atoms with van der Waals surface area (Å²) in [5.41, 5.74) is 2.64. The van der Waals surface area contributed by atoms with E-state index in [0.29, 0.717) is 36.5 Å². The molecule has 5 rings (SSSR count). The molecule has 1 N–H and O–H groups in total. The van der Waals surface area contributed by atoms with E-state index in [1.807, 2.05) is 73.3 Å². The van der Waals surface area contributed by atoms with E-state index in [4.69, 9.17) is 19.2 Å². The van der Waals surface area contributed by atoms with E-state index in [2.05, 4.69) is 20.2 Å². The number of para-hydroxylation sites is 1. The van der Waals surface area contributed by atoms with Crippen molar-refractivity contribution in [2.24, 2.45) is 0 Å². The molecule has 9 heteroatoms. The van der Waals surface area contributed by atoms with Crippen molar-refractivity contribution in [2.45, 2.75) is 13.0 Å². The van der Waals surface area contributed by atoms with Crippen LogP contribution in [-0.2, 0) is 0 Å². The second-order valence-electron chi connectivity index (χ2n) is 8.02. The molecule has 1 aliphatic heterocycles. The maximum atomic E-state index is 5.93. The van der Waals surface area contributed by atoms with Crippen LogP contribution < -0.4 is 24.4 Å². The molecule has 0 fully saturated rings. The molecule has 1 atom stereocenters. The second-order valence-corrected chi connectivity index (χ2v) is 8.02. The molecule has 3 heterocycles. The first-order valence-corrected chi connectivity index (χ1v) is 11.0. The number of likely N-dealkylation sites (N-methyl/N-ethyl adjacent to an activating group) is 1. The van der Waals surface area contributed by atoms with Gasteiger partial charge in [-0.2, -0.15) is 4.98 Å². The molecule has 0 spiro atoms. The third kappa shape index (κ3) is 4.45. The van der Waals surface area contributed by atoms with Gasteiger partial charge in [0.05, 0.1) is 37.1 Å². The molecule has 2 aromatic carbocycles. The summed E-state index contributed by atoms with van der Waals surface area (Å²) in [7, 11) is 3.63. The van der Waals surface area contributed by atoms with Crippen molar-refractivity contribution in [3.8, 4) is 22.9 Å². The number of fused-ring (bicyclic) bond motifs is 1. The average molecular weight is 459 g/mol. The number of hydrogen-bond donors (Lipinski definition) is 1. The molecule has 0 unspecified atom stereocenters. The van der Waals surface area contributed by atoms with E-state index in [-0.39, 0.29) is 6.04 Å². The minimum atomic E-state index is 0.0217. The molecule has 0 saturated heterocycles. The fourth-order valence-corrected chi connectivity index (χ4v) is 3.77. The molecular formula is C25H26N6O3.